The molecule has 2 N–H and O–H groups in total. The number of hydrogen-bond acceptors (Lipinski definition) is 4. The van der Waals surface area contributed by atoms with E-state index in [1.54, 1.807) is 31.2 Å². The van der Waals surface area contributed by atoms with Crippen LogP contribution >= 0.6 is 0 Å². The molecular weight excluding hydrogens is 342 g/mol. The Morgan fingerprint density at radius 3 is 2.07 bits per heavy atom. The Morgan fingerprint density at radius 2 is 1.52 bits per heavy atom. The Balaban J connectivity index is 1.66. The standard InChI is InChI=1S/C21H21N3O3/c1-14-18(13-22-27-14)19(25)23-16-9-11-17(12-10-16)24-20(26)21(2,3)15-7-5-4-6-8-15/h4-13H,1-3H3,(H,23,25)(H,24,26). The van der Waals surface area contributed by atoms with Gasteiger partial charge in [-0.15, -0.1) is 0 Å². The molecule has 3 rings (SSSR count). The van der Waals surface area contributed by atoms with Crippen molar-refractivity contribution in [1.82, 2.24) is 5.16 Å². The predicted molar refractivity (Wildman–Crippen MR) is 104 cm³/mol. The van der Waals surface area contributed by atoms with Crippen molar-refractivity contribution >= 4 is 23.2 Å². The minimum absolute atomic E-state index is 0.106. The third-order valence-electron chi connectivity index (χ3n) is 4.46. The van der Waals surface area contributed by atoms with Crippen molar-refractivity contribution in [3.63, 3.8) is 0 Å². The Hall–Kier alpha value is -3.41. The van der Waals surface area contributed by atoms with Crippen molar-refractivity contribution in [2.45, 2.75) is 26.2 Å². The summed E-state index contributed by atoms with van der Waals surface area (Å²) >= 11 is 0. The number of carbonyl (C=O) groups excluding carboxylic acids is 2. The average molecular weight is 363 g/mol. The first-order chi connectivity index (χ1) is 12.9. The number of carbonyl (C=O) groups is 2. The molecule has 0 atom stereocenters. The van der Waals surface area contributed by atoms with Crippen molar-refractivity contribution in [2.24, 2.45) is 0 Å². The maximum Gasteiger partial charge on any atom is 0.260 e. The topological polar surface area (TPSA) is 84.2 Å². The molecule has 2 amide bonds. The molecule has 0 spiro atoms. The van der Waals surface area contributed by atoms with Crippen LogP contribution in [0.2, 0.25) is 0 Å². The van der Waals surface area contributed by atoms with E-state index in [1.165, 1.54) is 6.20 Å². The Bertz CT molecular complexity index is 944. The number of amides is 2. The number of hydrogen-bond donors (Lipinski definition) is 2. The number of aromatic nitrogens is 1. The Morgan fingerprint density at radius 1 is 0.926 bits per heavy atom. The fourth-order valence-electron chi connectivity index (χ4n) is 2.63. The molecule has 6 heteroatoms. The lowest BCUT2D eigenvalue weighted by molar-refractivity contribution is -0.120. The van der Waals surface area contributed by atoms with Crippen LogP contribution in [0.25, 0.3) is 0 Å². The summed E-state index contributed by atoms with van der Waals surface area (Å²) in [5, 5.41) is 9.29. The van der Waals surface area contributed by atoms with E-state index >= 15 is 0 Å². The summed E-state index contributed by atoms with van der Waals surface area (Å²) in [7, 11) is 0. The van der Waals surface area contributed by atoms with E-state index in [0.29, 0.717) is 22.7 Å². The second-order valence-corrected chi connectivity index (χ2v) is 6.77. The molecule has 1 heterocycles. The third kappa shape index (κ3) is 4.06. The number of rotatable bonds is 5. The Labute approximate surface area is 157 Å². The molecule has 1 aromatic heterocycles. The fraction of sp³-hybridized carbons (Fsp3) is 0.190. The summed E-state index contributed by atoms with van der Waals surface area (Å²) in [6, 6.07) is 16.6. The van der Waals surface area contributed by atoms with E-state index in [2.05, 4.69) is 15.8 Å². The van der Waals surface area contributed by atoms with Gasteiger partial charge in [0.05, 0.1) is 11.6 Å². The van der Waals surface area contributed by atoms with E-state index in [-0.39, 0.29) is 11.8 Å². The molecule has 6 nitrogen and oxygen atoms in total. The highest BCUT2D eigenvalue weighted by molar-refractivity contribution is 6.05. The number of benzene rings is 2. The van der Waals surface area contributed by atoms with E-state index in [4.69, 9.17) is 4.52 Å². The Kier molecular flexibility index (Phi) is 5.07. The smallest absolute Gasteiger partial charge is 0.260 e. The van der Waals surface area contributed by atoms with Gasteiger partial charge in [0.2, 0.25) is 5.91 Å². The van der Waals surface area contributed by atoms with Crippen molar-refractivity contribution < 1.29 is 14.1 Å². The minimum atomic E-state index is -0.667. The zero-order valence-corrected chi connectivity index (χ0v) is 15.4. The highest BCUT2D eigenvalue weighted by Gasteiger charge is 2.29. The van der Waals surface area contributed by atoms with Crippen LogP contribution in [0.1, 0.15) is 35.5 Å². The maximum atomic E-state index is 12.7. The van der Waals surface area contributed by atoms with Crippen LogP contribution in [-0.4, -0.2) is 17.0 Å². The van der Waals surface area contributed by atoms with Gasteiger partial charge in [0.15, 0.2) is 0 Å². The van der Waals surface area contributed by atoms with Crippen molar-refractivity contribution in [1.29, 1.82) is 0 Å². The molecule has 0 fully saturated rings. The quantitative estimate of drug-likeness (QED) is 0.713. The minimum Gasteiger partial charge on any atom is -0.361 e. The highest BCUT2D eigenvalue weighted by atomic mass is 16.5. The molecule has 0 saturated heterocycles. The lowest BCUT2D eigenvalue weighted by Crippen LogP contribution is -2.34. The van der Waals surface area contributed by atoms with Crippen LogP contribution in [0.3, 0.4) is 0 Å². The van der Waals surface area contributed by atoms with Crippen LogP contribution in [0.5, 0.6) is 0 Å². The number of aryl methyl sites for hydroxylation is 1. The fourth-order valence-corrected chi connectivity index (χ4v) is 2.63. The highest BCUT2D eigenvalue weighted by Crippen LogP contribution is 2.25. The summed E-state index contributed by atoms with van der Waals surface area (Å²) in [5.74, 6) is 0.0563. The normalized spacial score (nSPS) is 11.1. The first-order valence-electron chi connectivity index (χ1n) is 8.57. The van der Waals surface area contributed by atoms with Gasteiger partial charge in [0.1, 0.15) is 11.3 Å². The monoisotopic (exact) mass is 363 g/mol. The van der Waals surface area contributed by atoms with Crippen molar-refractivity contribution in [3.8, 4) is 0 Å². The molecule has 0 aliphatic heterocycles. The zero-order valence-electron chi connectivity index (χ0n) is 15.4. The van der Waals surface area contributed by atoms with Gasteiger partial charge < -0.3 is 15.2 Å². The number of nitrogens with zero attached hydrogens (tertiary/aromatic N) is 1. The van der Waals surface area contributed by atoms with Crippen LogP contribution in [0.4, 0.5) is 11.4 Å². The molecule has 0 aliphatic carbocycles. The summed E-state index contributed by atoms with van der Waals surface area (Å²) in [5.41, 5.74) is 1.93. The van der Waals surface area contributed by atoms with E-state index < -0.39 is 5.41 Å². The third-order valence-corrected chi connectivity index (χ3v) is 4.46. The summed E-state index contributed by atoms with van der Waals surface area (Å²) in [6.07, 6.45) is 1.38. The second kappa shape index (κ2) is 7.45. The van der Waals surface area contributed by atoms with Gasteiger partial charge in [-0.05, 0) is 50.6 Å². The van der Waals surface area contributed by atoms with Gasteiger partial charge in [0.25, 0.3) is 5.91 Å². The lowest BCUT2D eigenvalue weighted by Gasteiger charge is -2.24. The summed E-state index contributed by atoms with van der Waals surface area (Å²) in [4.78, 5) is 24.9. The van der Waals surface area contributed by atoms with E-state index in [1.807, 2.05) is 44.2 Å². The first kappa shape index (κ1) is 18.4. The maximum absolute atomic E-state index is 12.7. The zero-order chi connectivity index (χ0) is 19.4. The molecule has 138 valence electrons. The van der Waals surface area contributed by atoms with Crippen LogP contribution in [0.15, 0.2) is 65.3 Å². The molecule has 3 aromatic rings. The van der Waals surface area contributed by atoms with E-state index in [9.17, 15) is 9.59 Å². The van der Waals surface area contributed by atoms with Gasteiger partial charge >= 0.3 is 0 Å². The molecule has 2 aromatic carbocycles. The number of anilines is 2. The van der Waals surface area contributed by atoms with Gasteiger partial charge in [0, 0.05) is 11.4 Å². The van der Waals surface area contributed by atoms with Crippen molar-refractivity contribution in [3.05, 3.63) is 77.7 Å². The van der Waals surface area contributed by atoms with Crippen LogP contribution < -0.4 is 10.6 Å². The molecule has 27 heavy (non-hydrogen) atoms. The largest absolute Gasteiger partial charge is 0.361 e. The van der Waals surface area contributed by atoms with Crippen LogP contribution in [-0.2, 0) is 10.2 Å². The summed E-state index contributed by atoms with van der Waals surface area (Å²) < 4.78 is 4.90. The van der Waals surface area contributed by atoms with E-state index in [0.717, 1.165) is 5.56 Å². The second-order valence-electron chi connectivity index (χ2n) is 6.77. The lowest BCUT2D eigenvalue weighted by atomic mass is 9.83. The van der Waals surface area contributed by atoms with Gasteiger partial charge in [-0.2, -0.15) is 0 Å². The molecular formula is C21H21N3O3. The molecule has 0 saturated carbocycles. The van der Waals surface area contributed by atoms with Gasteiger partial charge in [-0.25, -0.2) is 0 Å². The average Bonchev–Trinajstić information content (AvgIpc) is 3.10. The van der Waals surface area contributed by atoms with Gasteiger partial charge in [-0.3, -0.25) is 9.59 Å². The van der Waals surface area contributed by atoms with Crippen molar-refractivity contribution in [2.75, 3.05) is 10.6 Å². The summed E-state index contributed by atoms with van der Waals surface area (Å²) in [6.45, 7) is 5.44. The molecule has 0 unspecified atom stereocenters. The SMILES string of the molecule is Cc1oncc1C(=O)Nc1ccc(NC(=O)C(C)(C)c2ccccc2)cc1. The molecule has 0 aliphatic rings. The van der Waals surface area contributed by atoms with Crippen LogP contribution in [0, 0.1) is 6.92 Å². The molecule has 0 radical (unpaired) electrons. The molecule has 0 bridgehead atoms. The predicted octanol–water partition coefficient (Wildman–Crippen LogP) is 4.15. The number of nitrogens with one attached hydrogen (secondary N) is 2. The van der Waals surface area contributed by atoms with Gasteiger partial charge in [-0.1, -0.05) is 35.5 Å². The first-order valence-corrected chi connectivity index (χ1v) is 8.57.